The molecule has 4 rings (SSSR count). The number of benzene rings is 2. The average molecular weight is 465 g/mol. The molecule has 2 aromatic rings. The Bertz CT molecular complexity index is 1070. The minimum absolute atomic E-state index is 0.296. The molecule has 0 spiro atoms. The zero-order valence-corrected chi connectivity index (χ0v) is 17.9. The zero-order valence-electron chi connectivity index (χ0n) is 17.1. The molecular formula is C24H21F5N2S. The second-order valence-corrected chi connectivity index (χ2v) is 9.04. The van der Waals surface area contributed by atoms with Crippen LogP contribution >= 0.6 is 11.9 Å². The van der Waals surface area contributed by atoms with Gasteiger partial charge in [-0.05, 0) is 73.3 Å². The van der Waals surface area contributed by atoms with E-state index in [0.717, 1.165) is 29.9 Å². The van der Waals surface area contributed by atoms with Gasteiger partial charge in [0.15, 0.2) is 0 Å². The van der Waals surface area contributed by atoms with Crippen LogP contribution in [-0.2, 0) is 6.18 Å². The molecule has 1 aliphatic carbocycles. The van der Waals surface area contributed by atoms with Crippen molar-refractivity contribution in [2.75, 3.05) is 18.4 Å². The Hall–Kier alpha value is -2.58. The molecule has 0 bridgehead atoms. The molecule has 2 aliphatic rings. The van der Waals surface area contributed by atoms with Gasteiger partial charge in [-0.1, -0.05) is 17.7 Å². The van der Waals surface area contributed by atoms with Crippen LogP contribution in [0.4, 0.5) is 27.6 Å². The van der Waals surface area contributed by atoms with Gasteiger partial charge in [-0.15, -0.1) is 6.58 Å². The number of allylic oxidation sites excluding steroid dienone is 2. The monoisotopic (exact) mass is 464 g/mol. The molecule has 1 unspecified atom stereocenters. The fourth-order valence-corrected chi connectivity index (χ4v) is 5.08. The van der Waals surface area contributed by atoms with Crippen LogP contribution in [0, 0.1) is 17.0 Å². The number of halogens is 5. The first-order valence-electron chi connectivity index (χ1n) is 10.1. The van der Waals surface area contributed by atoms with Crippen molar-refractivity contribution in [3.8, 4) is 0 Å². The molecule has 0 aromatic heterocycles. The number of alkyl halides is 3. The highest BCUT2D eigenvalue weighted by Gasteiger charge is 2.39. The lowest BCUT2D eigenvalue weighted by molar-refractivity contribution is -0.140. The quantitative estimate of drug-likeness (QED) is 0.286. The van der Waals surface area contributed by atoms with E-state index >= 15 is 0 Å². The molecule has 2 aromatic carbocycles. The fraction of sp³-hybridized carbons (Fsp3) is 0.250. The van der Waals surface area contributed by atoms with E-state index in [1.807, 2.05) is 10.4 Å². The summed E-state index contributed by atoms with van der Waals surface area (Å²) in [7, 11) is 0. The van der Waals surface area contributed by atoms with Crippen LogP contribution in [0.5, 0.6) is 0 Å². The molecule has 1 fully saturated rings. The number of hydrogen-bond acceptors (Lipinski definition) is 3. The standard InChI is InChI=1S/C24H21F5N2S/c1-2-23-11-9-19(30-18-5-3-17(25)4-6-18)13-16(23)10-12-31(15-23)32-20-7-8-21(22(26)14-20)24(27,28)29/h2-9,13-14,30H,1,10-12,15H2. The Labute approximate surface area is 187 Å². The molecule has 0 saturated carbocycles. The van der Waals surface area contributed by atoms with E-state index in [4.69, 9.17) is 0 Å². The van der Waals surface area contributed by atoms with Crippen LogP contribution in [0.15, 0.2) is 83.4 Å². The lowest BCUT2D eigenvalue weighted by Crippen LogP contribution is -2.41. The lowest BCUT2D eigenvalue weighted by Gasteiger charge is -2.44. The number of piperidine rings is 1. The highest BCUT2D eigenvalue weighted by atomic mass is 32.2. The minimum atomic E-state index is -4.71. The summed E-state index contributed by atoms with van der Waals surface area (Å²) in [6.45, 7) is 5.29. The summed E-state index contributed by atoms with van der Waals surface area (Å²) in [4.78, 5) is 0.423. The molecule has 1 heterocycles. The third-order valence-electron chi connectivity index (χ3n) is 5.75. The number of nitrogens with one attached hydrogen (secondary N) is 1. The van der Waals surface area contributed by atoms with E-state index < -0.39 is 17.6 Å². The second-order valence-electron chi connectivity index (χ2n) is 7.87. The third-order valence-corrected chi connectivity index (χ3v) is 6.78. The maximum Gasteiger partial charge on any atom is 0.419 e. The normalized spacial score (nSPS) is 21.4. The lowest BCUT2D eigenvalue weighted by atomic mass is 9.71. The zero-order chi connectivity index (χ0) is 22.9. The van der Waals surface area contributed by atoms with E-state index in [2.05, 4.69) is 24.0 Å². The van der Waals surface area contributed by atoms with Gasteiger partial charge in [0, 0.05) is 34.8 Å². The van der Waals surface area contributed by atoms with Crippen LogP contribution in [0.1, 0.15) is 18.4 Å². The van der Waals surface area contributed by atoms with Crippen molar-refractivity contribution in [1.29, 1.82) is 0 Å². The summed E-state index contributed by atoms with van der Waals surface area (Å²) in [5, 5.41) is 3.29. The summed E-state index contributed by atoms with van der Waals surface area (Å²) in [6.07, 6.45) is 2.77. The summed E-state index contributed by atoms with van der Waals surface area (Å²) >= 11 is 1.25. The van der Waals surface area contributed by atoms with Gasteiger partial charge in [0.25, 0.3) is 0 Å². The molecule has 1 atom stereocenters. The number of anilines is 1. The summed E-state index contributed by atoms with van der Waals surface area (Å²) < 4.78 is 67.5. The summed E-state index contributed by atoms with van der Waals surface area (Å²) in [5.41, 5.74) is 1.36. The van der Waals surface area contributed by atoms with Crippen molar-refractivity contribution >= 4 is 17.6 Å². The topological polar surface area (TPSA) is 15.3 Å². The fourth-order valence-electron chi connectivity index (χ4n) is 4.02. The van der Waals surface area contributed by atoms with Gasteiger partial charge in [-0.25, -0.2) is 13.1 Å². The number of fused-ring (bicyclic) bond motifs is 1. The van der Waals surface area contributed by atoms with Gasteiger partial charge in [0.05, 0.1) is 5.56 Å². The molecule has 1 aliphatic heterocycles. The first kappa shape index (κ1) is 22.6. The van der Waals surface area contributed by atoms with Gasteiger partial charge in [0.2, 0.25) is 0 Å². The van der Waals surface area contributed by atoms with Gasteiger partial charge in [-0.2, -0.15) is 13.2 Å². The first-order chi connectivity index (χ1) is 15.2. The van der Waals surface area contributed by atoms with Gasteiger partial charge < -0.3 is 5.32 Å². The van der Waals surface area contributed by atoms with Crippen molar-refractivity contribution in [2.24, 2.45) is 5.41 Å². The van der Waals surface area contributed by atoms with Crippen LogP contribution in [0.25, 0.3) is 0 Å². The highest BCUT2D eigenvalue weighted by Crippen LogP contribution is 2.46. The van der Waals surface area contributed by atoms with Crippen molar-refractivity contribution in [3.63, 3.8) is 0 Å². The highest BCUT2D eigenvalue weighted by molar-refractivity contribution is 7.97. The van der Waals surface area contributed by atoms with Crippen LogP contribution < -0.4 is 5.32 Å². The SMILES string of the molecule is C=CC12CC=C(Nc3ccc(F)cc3)C=C1CCN(Sc1ccc(C(F)(F)F)c(F)c1)C2. The molecule has 1 saturated heterocycles. The van der Waals surface area contributed by atoms with Crippen molar-refractivity contribution in [1.82, 2.24) is 4.31 Å². The van der Waals surface area contributed by atoms with E-state index in [0.29, 0.717) is 24.4 Å². The molecule has 2 nitrogen and oxygen atoms in total. The minimum Gasteiger partial charge on any atom is -0.356 e. The molecule has 0 amide bonds. The van der Waals surface area contributed by atoms with Crippen LogP contribution in [-0.4, -0.2) is 17.4 Å². The van der Waals surface area contributed by atoms with Crippen LogP contribution in [0.3, 0.4) is 0 Å². The van der Waals surface area contributed by atoms with Crippen molar-refractivity contribution in [3.05, 3.63) is 95.7 Å². The Morgan fingerprint density at radius 2 is 1.84 bits per heavy atom. The largest absolute Gasteiger partial charge is 0.419 e. The smallest absolute Gasteiger partial charge is 0.356 e. The molecular weight excluding hydrogens is 443 g/mol. The molecule has 0 radical (unpaired) electrons. The maximum absolute atomic E-state index is 13.9. The van der Waals surface area contributed by atoms with Crippen molar-refractivity contribution in [2.45, 2.75) is 23.9 Å². The second kappa shape index (κ2) is 8.75. The van der Waals surface area contributed by atoms with E-state index in [9.17, 15) is 22.0 Å². The van der Waals surface area contributed by atoms with E-state index in [1.54, 1.807) is 12.1 Å². The first-order valence-corrected chi connectivity index (χ1v) is 10.8. The van der Waals surface area contributed by atoms with E-state index in [1.165, 1.54) is 35.7 Å². The Morgan fingerprint density at radius 1 is 1.09 bits per heavy atom. The predicted molar refractivity (Wildman–Crippen MR) is 117 cm³/mol. The van der Waals surface area contributed by atoms with Crippen LogP contribution in [0.2, 0.25) is 0 Å². The number of rotatable bonds is 5. The average Bonchev–Trinajstić information content (AvgIpc) is 2.74. The molecule has 8 heteroatoms. The maximum atomic E-state index is 13.9. The van der Waals surface area contributed by atoms with Crippen molar-refractivity contribution < 1.29 is 22.0 Å². The molecule has 32 heavy (non-hydrogen) atoms. The predicted octanol–water partition coefficient (Wildman–Crippen LogP) is 7.19. The number of nitrogens with zero attached hydrogens (tertiary/aromatic N) is 1. The Kier molecular flexibility index (Phi) is 6.18. The van der Waals surface area contributed by atoms with Gasteiger partial charge in [0.1, 0.15) is 11.6 Å². The van der Waals surface area contributed by atoms with E-state index in [-0.39, 0.29) is 11.2 Å². The number of hydrogen-bond donors (Lipinski definition) is 1. The summed E-state index contributed by atoms with van der Waals surface area (Å²) in [6, 6.07) is 9.16. The Balaban J connectivity index is 1.46. The van der Waals surface area contributed by atoms with Gasteiger partial charge >= 0.3 is 6.18 Å². The Morgan fingerprint density at radius 3 is 2.50 bits per heavy atom. The van der Waals surface area contributed by atoms with Gasteiger partial charge in [-0.3, -0.25) is 0 Å². The molecule has 168 valence electrons. The third kappa shape index (κ3) is 4.76. The summed E-state index contributed by atoms with van der Waals surface area (Å²) in [5.74, 6) is -1.56. The molecule has 1 N–H and O–H groups in total.